The number of hydrogen-bond acceptors (Lipinski definition) is 3. The molecule has 1 aromatic carbocycles. The Morgan fingerprint density at radius 1 is 1.40 bits per heavy atom. The molecule has 7 heteroatoms. The van der Waals surface area contributed by atoms with Crippen molar-refractivity contribution < 1.29 is 14.3 Å². The molecule has 6 nitrogen and oxygen atoms in total. The highest BCUT2D eigenvalue weighted by molar-refractivity contribution is 5.90. The lowest BCUT2D eigenvalue weighted by Crippen LogP contribution is -2.17. The molecule has 0 atom stereocenters. The molecule has 0 bridgehead atoms. The maximum Gasteiger partial charge on any atom is 0.356 e. The van der Waals surface area contributed by atoms with Crippen LogP contribution in [0.25, 0.3) is 16.8 Å². The number of carbonyl (C=O) groups is 1. The number of aromatic carboxylic acids is 1. The summed E-state index contributed by atoms with van der Waals surface area (Å²) in [5, 5.41) is 13.5. The van der Waals surface area contributed by atoms with E-state index in [1.807, 2.05) is 0 Å². The lowest BCUT2D eigenvalue weighted by atomic mass is 9.79. The average Bonchev–Trinajstić information content (AvgIpc) is 2.88. The summed E-state index contributed by atoms with van der Waals surface area (Å²) in [7, 11) is 0. The van der Waals surface area contributed by atoms with Gasteiger partial charge in [0.1, 0.15) is 11.3 Å². The van der Waals surface area contributed by atoms with E-state index in [1.165, 1.54) is 16.8 Å². The Bertz CT molecular complexity index is 1060. The molecule has 25 heavy (non-hydrogen) atoms. The van der Waals surface area contributed by atoms with Crippen molar-refractivity contribution in [3.8, 4) is 11.3 Å². The van der Waals surface area contributed by atoms with Crippen LogP contribution in [-0.4, -0.2) is 25.7 Å². The topological polar surface area (TPSA) is 87.5 Å². The van der Waals surface area contributed by atoms with Crippen LogP contribution in [0.2, 0.25) is 0 Å². The second-order valence-electron chi connectivity index (χ2n) is 6.45. The van der Waals surface area contributed by atoms with Gasteiger partial charge >= 0.3 is 5.97 Å². The Kier molecular flexibility index (Phi) is 3.45. The summed E-state index contributed by atoms with van der Waals surface area (Å²) < 4.78 is 15.1. The fourth-order valence-electron chi connectivity index (χ4n) is 3.25. The van der Waals surface area contributed by atoms with Crippen molar-refractivity contribution in [2.45, 2.75) is 32.1 Å². The van der Waals surface area contributed by atoms with E-state index in [2.05, 4.69) is 10.1 Å². The Morgan fingerprint density at radius 2 is 2.16 bits per heavy atom. The van der Waals surface area contributed by atoms with Crippen LogP contribution < -0.4 is 5.56 Å². The largest absolute Gasteiger partial charge is 0.476 e. The number of rotatable bonds is 3. The zero-order chi connectivity index (χ0) is 17.7. The van der Waals surface area contributed by atoms with Crippen LogP contribution >= 0.6 is 0 Å². The first kappa shape index (κ1) is 15.6. The summed E-state index contributed by atoms with van der Waals surface area (Å²) in [6, 6.07) is 4.66. The molecule has 0 saturated heterocycles. The summed E-state index contributed by atoms with van der Waals surface area (Å²) in [6.45, 7) is 1.66. The van der Waals surface area contributed by atoms with Gasteiger partial charge in [0.2, 0.25) is 0 Å². The van der Waals surface area contributed by atoms with Gasteiger partial charge in [0.25, 0.3) is 5.56 Å². The van der Waals surface area contributed by atoms with Gasteiger partial charge in [0.15, 0.2) is 5.69 Å². The van der Waals surface area contributed by atoms with Gasteiger partial charge in [-0.25, -0.2) is 13.7 Å². The number of aryl methyl sites for hydroxylation is 1. The summed E-state index contributed by atoms with van der Waals surface area (Å²) in [5.41, 5.74) is 1.66. The van der Waals surface area contributed by atoms with E-state index >= 15 is 0 Å². The van der Waals surface area contributed by atoms with Crippen molar-refractivity contribution in [3.05, 3.63) is 57.4 Å². The van der Waals surface area contributed by atoms with Crippen molar-refractivity contribution in [2.24, 2.45) is 0 Å². The number of aromatic nitrogens is 3. The molecule has 2 aromatic heterocycles. The number of hydrogen-bond donors (Lipinski definition) is 2. The maximum absolute atomic E-state index is 13.8. The third-order valence-corrected chi connectivity index (χ3v) is 4.86. The lowest BCUT2D eigenvalue weighted by molar-refractivity contribution is 0.0687. The van der Waals surface area contributed by atoms with Crippen LogP contribution in [-0.2, 0) is 0 Å². The van der Waals surface area contributed by atoms with Crippen molar-refractivity contribution >= 4 is 11.5 Å². The molecule has 1 fully saturated rings. The second kappa shape index (κ2) is 5.54. The molecule has 0 unspecified atom stereocenters. The smallest absolute Gasteiger partial charge is 0.356 e. The van der Waals surface area contributed by atoms with Gasteiger partial charge in [-0.2, -0.15) is 5.10 Å². The first-order chi connectivity index (χ1) is 12.0. The molecule has 128 valence electrons. The number of aromatic amines is 1. The van der Waals surface area contributed by atoms with Crippen molar-refractivity contribution in [2.75, 3.05) is 0 Å². The van der Waals surface area contributed by atoms with Gasteiger partial charge in [-0.15, -0.1) is 0 Å². The Balaban J connectivity index is 1.94. The highest BCUT2D eigenvalue weighted by Crippen LogP contribution is 2.39. The summed E-state index contributed by atoms with van der Waals surface area (Å²) in [5.74, 6) is -1.47. The van der Waals surface area contributed by atoms with E-state index in [1.54, 1.807) is 19.1 Å². The predicted molar refractivity (Wildman–Crippen MR) is 89.5 cm³/mol. The fraction of sp³-hybridized carbons (Fsp3) is 0.278. The van der Waals surface area contributed by atoms with E-state index in [0.717, 1.165) is 19.3 Å². The van der Waals surface area contributed by atoms with E-state index in [0.29, 0.717) is 22.4 Å². The molecule has 2 heterocycles. The Morgan fingerprint density at radius 3 is 2.76 bits per heavy atom. The van der Waals surface area contributed by atoms with E-state index in [4.69, 9.17) is 0 Å². The number of carboxylic acids is 1. The van der Waals surface area contributed by atoms with E-state index < -0.39 is 11.5 Å². The number of fused-ring (bicyclic) bond motifs is 1. The van der Waals surface area contributed by atoms with Gasteiger partial charge in [-0.3, -0.25) is 4.79 Å². The molecule has 1 saturated carbocycles. The van der Waals surface area contributed by atoms with Gasteiger partial charge < -0.3 is 10.1 Å². The highest BCUT2D eigenvalue weighted by atomic mass is 19.1. The predicted octanol–water partition coefficient (Wildman–Crippen LogP) is 3.10. The molecule has 0 amide bonds. The third kappa shape index (κ3) is 2.43. The van der Waals surface area contributed by atoms with Gasteiger partial charge in [0.05, 0.1) is 11.9 Å². The minimum atomic E-state index is -1.15. The molecular weight excluding hydrogens is 325 g/mol. The summed E-state index contributed by atoms with van der Waals surface area (Å²) >= 11 is 0. The van der Waals surface area contributed by atoms with Crippen LogP contribution in [0.5, 0.6) is 0 Å². The normalized spacial score (nSPS) is 14.6. The zero-order valence-corrected chi connectivity index (χ0v) is 13.5. The van der Waals surface area contributed by atoms with Crippen molar-refractivity contribution in [1.82, 2.24) is 14.6 Å². The highest BCUT2D eigenvalue weighted by Gasteiger charge is 2.31. The zero-order valence-electron chi connectivity index (χ0n) is 13.5. The molecule has 0 spiro atoms. The average molecular weight is 341 g/mol. The van der Waals surface area contributed by atoms with Gasteiger partial charge in [-0.05, 0) is 37.3 Å². The van der Waals surface area contributed by atoms with Gasteiger partial charge in [0, 0.05) is 11.1 Å². The molecular formula is C18H16FN3O3. The van der Waals surface area contributed by atoms with E-state index in [-0.39, 0.29) is 22.9 Å². The van der Waals surface area contributed by atoms with Crippen LogP contribution in [0.1, 0.15) is 46.8 Å². The fourth-order valence-corrected chi connectivity index (χ4v) is 3.25. The minimum absolute atomic E-state index is 0.0485. The number of halogens is 1. The SMILES string of the molecule is Cc1ccc(-c2cn3nc(C(=O)O)c(C4CCC4)c3c(=O)[nH]2)cc1F. The summed E-state index contributed by atoms with van der Waals surface area (Å²) in [6.07, 6.45) is 4.26. The second-order valence-corrected chi connectivity index (χ2v) is 6.45. The first-order valence-corrected chi connectivity index (χ1v) is 8.11. The first-order valence-electron chi connectivity index (χ1n) is 8.11. The number of carboxylic acid groups (broad SMARTS) is 1. The number of nitrogens with zero attached hydrogens (tertiary/aromatic N) is 2. The Hall–Kier alpha value is -2.96. The van der Waals surface area contributed by atoms with Crippen molar-refractivity contribution in [3.63, 3.8) is 0 Å². The molecule has 1 aliphatic rings. The summed E-state index contributed by atoms with van der Waals surface area (Å²) in [4.78, 5) is 26.9. The van der Waals surface area contributed by atoms with Gasteiger partial charge in [-0.1, -0.05) is 18.6 Å². The van der Waals surface area contributed by atoms with Crippen LogP contribution in [0, 0.1) is 12.7 Å². The van der Waals surface area contributed by atoms with Crippen LogP contribution in [0.3, 0.4) is 0 Å². The quantitative estimate of drug-likeness (QED) is 0.766. The maximum atomic E-state index is 13.8. The third-order valence-electron chi connectivity index (χ3n) is 4.86. The molecule has 0 aliphatic heterocycles. The number of nitrogens with one attached hydrogen (secondary N) is 1. The number of benzene rings is 1. The molecule has 4 rings (SSSR count). The Labute approximate surface area is 141 Å². The van der Waals surface area contributed by atoms with Crippen molar-refractivity contribution in [1.29, 1.82) is 0 Å². The molecule has 1 aliphatic carbocycles. The minimum Gasteiger partial charge on any atom is -0.476 e. The standard InChI is InChI=1S/C18H16FN3O3/c1-9-5-6-11(7-12(9)19)13-8-22-16(17(23)20-13)14(10-3-2-4-10)15(21-22)18(24)25/h5-8,10H,2-4H2,1H3,(H,20,23)(H,24,25). The van der Waals surface area contributed by atoms with Crippen LogP contribution in [0.4, 0.5) is 4.39 Å². The molecule has 3 aromatic rings. The lowest BCUT2D eigenvalue weighted by Gasteiger charge is -2.24. The van der Waals surface area contributed by atoms with Crippen LogP contribution in [0.15, 0.2) is 29.2 Å². The molecule has 0 radical (unpaired) electrons. The molecule has 2 N–H and O–H groups in total. The number of H-pyrrole nitrogens is 1. The monoisotopic (exact) mass is 341 g/mol. The van der Waals surface area contributed by atoms with E-state index in [9.17, 15) is 19.1 Å².